The molecule has 1 fully saturated rings. The Bertz CT molecular complexity index is 1210. The Morgan fingerprint density at radius 2 is 1.50 bits per heavy atom. The highest BCUT2D eigenvalue weighted by atomic mass is 15.4. The lowest BCUT2D eigenvalue weighted by atomic mass is 10.0. The van der Waals surface area contributed by atoms with Gasteiger partial charge in [0.25, 0.3) is 0 Å². The molecule has 2 atom stereocenters. The van der Waals surface area contributed by atoms with Gasteiger partial charge in [-0.1, -0.05) is 54.6 Å². The number of piperazine rings is 1. The molecule has 6 heteroatoms. The fourth-order valence-corrected chi connectivity index (χ4v) is 4.59. The van der Waals surface area contributed by atoms with Gasteiger partial charge in [0.15, 0.2) is 5.82 Å². The maximum atomic E-state index is 5.83. The maximum Gasteiger partial charge on any atom is 0.159 e. The zero-order valence-corrected chi connectivity index (χ0v) is 18.5. The lowest BCUT2D eigenvalue weighted by Gasteiger charge is -2.45. The van der Waals surface area contributed by atoms with Gasteiger partial charge in [-0.25, -0.2) is 4.98 Å². The Morgan fingerprint density at radius 3 is 2.25 bits per heavy atom. The van der Waals surface area contributed by atoms with Crippen molar-refractivity contribution >= 4 is 28.1 Å². The first-order valence-corrected chi connectivity index (χ1v) is 11.1. The molecule has 4 aromatic rings. The van der Waals surface area contributed by atoms with Crippen molar-refractivity contribution in [2.24, 2.45) is 0 Å². The van der Waals surface area contributed by atoms with E-state index in [-0.39, 0.29) is 12.1 Å². The number of nitrogens with zero attached hydrogens (tertiary/aromatic N) is 5. The molecule has 2 aromatic carbocycles. The summed E-state index contributed by atoms with van der Waals surface area (Å²) in [6.45, 7) is 6.19. The summed E-state index contributed by atoms with van der Waals surface area (Å²) in [5, 5.41) is 11.8. The van der Waals surface area contributed by atoms with Gasteiger partial charge in [0.05, 0.1) is 17.6 Å². The Hall–Kier alpha value is -3.67. The highest BCUT2D eigenvalue weighted by Gasteiger charge is 2.32. The van der Waals surface area contributed by atoms with Crippen molar-refractivity contribution in [3.8, 4) is 0 Å². The monoisotopic (exact) mass is 424 g/mol. The smallest absolute Gasteiger partial charge is 0.159 e. The van der Waals surface area contributed by atoms with E-state index in [0.29, 0.717) is 5.69 Å². The second-order valence-electron chi connectivity index (χ2n) is 8.63. The lowest BCUT2D eigenvalue weighted by Crippen LogP contribution is -2.57. The first-order valence-electron chi connectivity index (χ1n) is 11.1. The molecule has 0 saturated carbocycles. The lowest BCUT2D eigenvalue weighted by molar-refractivity contribution is 0.474. The summed E-state index contributed by atoms with van der Waals surface area (Å²) in [6.07, 6.45) is 2.50. The number of fused-ring (bicyclic) bond motifs is 1. The van der Waals surface area contributed by atoms with Crippen LogP contribution in [0, 0.1) is 0 Å². The van der Waals surface area contributed by atoms with Crippen molar-refractivity contribution in [1.82, 2.24) is 15.2 Å². The Balaban J connectivity index is 1.46. The van der Waals surface area contributed by atoms with E-state index in [1.165, 1.54) is 10.9 Å². The van der Waals surface area contributed by atoms with E-state index in [9.17, 15) is 0 Å². The molecule has 0 unspecified atom stereocenters. The fraction of sp³-hybridized carbons (Fsp3) is 0.269. The van der Waals surface area contributed by atoms with Crippen LogP contribution in [0.3, 0.4) is 0 Å². The van der Waals surface area contributed by atoms with Crippen LogP contribution in [0.1, 0.15) is 25.1 Å². The molecule has 32 heavy (non-hydrogen) atoms. The first kappa shape index (κ1) is 20.2. The average Bonchev–Trinajstić information content (AvgIpc) is 2.82. The number of pyridine rings is 1. The molecule has 0 aliphatic carbocycles. The predicted octanol–water partition coefficient (Wildman–Crippen LogP) is 4.30. The van der Waals surface area contributed by atoms with E-state index in [4.69, 9.17) is 15.9 Å². The van der Waals surface area contributed by atoms with Crippen LogP contribution in [0.25, 0.3) is 10.8 Å². The number of anilines is 3. The van der Waals surface area contributed by atoms with Gasteiger partial charge in [0, 0.05) is 42.4 Å². The minimum Gasteiger partial charge on any atom is -0.397 e. The summed E-state index contributed by atoms with van der Waals surface area (Å²) in [6, 6.07) is 23.4. The van der Waals surface area contributed by atoms with Crippen LogP contribution in [-0.2, 0) is 6.42 Å². The molecule has 2 N–H and O–H groups in total. The first-order chi connectivity index (χ1) is 15.6. The van der Waals surface area contributed by atoms with E-state index in [1.807, 2.05) is 18.2 Å². The van der Waals surface area contributed by atoms with Gasteiger partial charge >= 0.3 is 0 Å². The van der Waals surface area contributed by atoms with Gasteiger partial charge < -0.3 is 15.5 Å². The van der Waals surface area contributed by atoms with Crippen LogP contribution in [0.15, 0.2) is 72.9 Å². The highest BCUT2D eigenvalue weighted by Crippen LogP contribution is 2.31. The third kappa shape index (κ3) is 3.84. The number of nitrogens with two attached hydrogens (primary N) is 1. The predicted molar refractivity (Wildman–Crippen MR) is 131 cm³/mol. The molecule has 1 aliphatic heterocycles. The number of hydrogen-bond donors (Lipinski definition) is 1. The van der Waals surface area contributed by atoms with Crippen molar-refractivity contribution in [3.05, 3.63) is 84.2 Å². The SMILES string of the molecule is C[C@@H]1CN(c2nnc(Cc3ccccc3)c3ccccc23)[C@@H](C)CN1c1ccc(N)cn1. The molecule has 0 bridgehead atoms. The molecule has 0 amide bonds. The summed E-state index contributed by atoms with van der Waals surface area (Å²) in [5.74, 6) is 1.93. The Kier molecular flexibility index (Phi) is 5.35. The van der Waals surface area contributed by atoms with Crippen LogP contribution < -0.4 is 15.5 Å². The molecule has 6 nitrogen and oxygen atoms in total. The van der Waals surface area contributed by atoms with Gasteiger partial charge in [0.2, 0.25) is 0 Å². The normalized spacial score (nSPS) is 18.8. The van der Waals surface area contributed by atoms with Gasteiger partial charge in [0.1, 0.15) is 5.82 Å². The quantitative estimate of drug-likeness (QED) is 0.527. The molecular weight excluding hydrogens is 396 g/mol. The van der Waals surface area contributed by atoms with Gasteiger partial charge in [-0.15, -0.1) is 5.10 Å². The van der Waals surface area contributed by atoms with Gasteiger partial charge in [-0.05, 0) is 31.5 Å². The van der Waals surface area contributed by atoms with Crippen molar-refractivity contribution in [3.63, 3.8) is 0 Å². The van der Waals surface area contributed by atoms with E-state index in [2.05, 4.69) is 77.2 Å². The third-order valence-electron chi connectivity index (χ3n) is 6.28. The Morgan fingerprint density at radius 1 is 0.812 bits per heavy atom. The van der Waals surface area contributed by atoms with Crippen LogP contribution in [0.2, 0.25) is 0 Å². The maximum absolute atomic E-state index is 5.83. The van der Waals surface area contributed by atoms with Gasteiger partial charge in [-0.2, -0.15) is 5.10 Å². The number of nitrogen functional groups attached to an aromatic ring is 1. The van der Waals surface area contributed by atoms with E-state index in [0.717, 1.165) is 42.2 Å². The summed E-state index contributed by atoms with van der Waals surface area (Å²) in [7, 11) is 0. The van der Waals surface area contributed by atoms with Crippen LogP contribution >= 0.6 is 0 Å². The average molecular weight is 425 g/mol. The molecule has 5 rings (SSSR count). The van der Waals surface area contributed by atoms with Crippen molar-refractivity contribution < 1.29 is 0 Å². The second-order valence-corrected chi connectivity index (χ2v) is 8.63. The summed E-state index contributed by atoms with van der Waals surface area (Å²) >= 11 is 0. The van der Waals surface area contributed by atoms with Crippen LogP contribution in [-0.4, -0.2) is 40.4 Å². The topological polar surface area (TPSA) is 71.2 Å². The van der Waals surface area contributed by atoms with Crippen molar-refractivity contribution in [2.45, 2.75) is 32.4 Å². The number of rotatable bonds is 4. The van der Waals surface area contributed by atoms with Crippen molar-refractivity contribution in [2.75, 3.05) is 28.6 Å². The van der Waals surface area contributed by atoms with E-state index < -0.39 is 0 Å². The molecule has 0 radical (unpaired) electrons. The molecule has 0 spiro atoms. The van der Waals surface area contributed by atoms with E-state index >= 15 is 0 Å². The Labute approximate surface area is 188 Å². The number of aromatic nitrogens is 3. The number of benzene rings is 2. The minimum absolute atomic E-state index is 0.267. The summed E-state index contributed by atoms with van der Waals surface area (Å²) in [5.41, 5.74) is 8.77. The molecular formula is C26H28N6. The largest absolute Gasteiger partial charge is 0.397 e. The summed E-state index contributed by atoms with van der Waals surface area (Å²) in [4.78, 5) is 9.28. The van der Waals surface area contributed by atoms with E-state index in [1.54, 1.807) is 6.20 Å². The third-order valence-corrected chi connectivity index (χ3v) is 6.28. The standard InChI is InChI=1S/C26H28N6/c1-18-17-32(19(2)16-31(18)25-13-12-21(27)15-28-25)26-23-11-7-6-10-22(23)24(29-30-26)14-20-8-4-3-5-9-20/h3-13,15,18-19H,14,16-17,27H2,1-2H3/t18-,19+/m1/s1. The highest BCUT2D eigenvalue weighted by molar-refractivity contribution is 5.93. The zero-order valence-electron chi connectivity index (χ0n) is 18.5. The molecule has 3 heterocycles. The van der Waals surface area contributed by atoms with Crippen LogP contribution in [0.5, 0.6) is 0 Å². The molecule has 2 aromatic heterocycles. The fourth-order valence-electron chi connectivity index (χ4n) is 4.59. The second kappa shape index (κ2) is 8.46. The van der Waals surface area contributed by atoms with Crippen molar-refractivity contribution in [1.29, 1.82) is 0 Å². The van der Waals surface area contributed by atoms with Gasteiger partial charge in [-0.3, -0.25) is 0 Å². The molecule has 1 aliphatic rings. The minimum atomic E-state index is 0.267. The summed E-state index contributed by atoms with van der Waals surface area (Å²) < 4.78 is 0. The molecule has 1 saturated heterocycles. The van der Waals surface area contributed by atoms with Crippen LogP contribution in [0.4, 0.5) is 17.3 Å². The number of hydrogen-bond acceptors (Lipinski definition) is 6. The zero-order chi connectivity index (χ0) is 22.1. The molecule has 162 valence electrons.